The molecule has 0 saturated carbocycles. The summed E-state index contributed by atoms with van der Waals surface area (Å²) in [6.07, 6.45) is -1.42. The van der Waals surface area contributed by atoms with Gasteiger partial charge in [-0.1, -0.05) is 0 Å². The second-order valence-electron chi connectivity index (χ2n) is 8.41. The van der Waals surface area contributed by atoms with Gasteiger partial charge in [-0.15, -0.1) is 11.8 Å². The lowest BCUT2D eigenvalue weighted by Gasteiger charge is -2.29. The van der Waals surface area contributed by atoms with E-state index in [1.165, 1.54) is 16.7 Å². The van der Waals surface area contributed by atoms with Crippen LogP contribution in [0.3, 0.4) is 0 Å². The minimum Gasteiger partial charge on any atom is -0.481 e. The van der Waals surface area contributed by atoms with E-state index in [0.29, 0.717) is 40.6 Å². The van der Waals surface area contributed by atoms with Gasteiger partial charge in [0, 0.05) is 35.9 Å². The van der Waals surface area contributed by atoms with Crippen LogP contribution in [0.1, 0.15) is 5.56 Å². The van der Waals surface area contributed by atoms with E-state index >= 15 is 0 Å². The number of ether oxygens (including phenoxy) is 2. The minimum atomic E-state index is -1.28. The van der Waals surface area contributed by atoms with Gasteiger partial charge < -0.3 is 30.3 Å². The minimum absolute atomic E-state index is 0.0599. The number of amides is 2. The first kappa shape index (κ1) is 24.3. The lowest BCUT2D eigenvalue weighted by Crippen LogP contribution is -2.50. The van der Waals surface area contributed by atoms with Crippen molar-refractivity contribution >= 4 is 46.2 Å². The maximum atomic E-state index is 12.5. The van der Waals surface area contributed by atoms with Crippen molar-refractivity contribution in [3.8, 4) is 5.88 Å². The number of aliphatic hydroxyl groups is 2. The average Bonchev–Trinajstić information content (AvgIpc) is 3.28. The predicted molar refractivity (Wildman–Crippen MR) is 133 cm³/mol. The van der Waals surface area contributed by atoms with Gasteiger partial charge >= 0.3 is 6.09 Å². The Morgan fingerprint density at radius 2 is 2.14 bits per heavy atom. The number of methoxy groups -OCH3 is 1. The van der Waals surface area contributed by atoms with Crippen molar-refractivity contribution in [1.82, 2.24) is 15.3 Å². The van der Waals surface area contributed by atoms with Crippen molar-refractivity contribution in [2.75, 3.05) is 36.2 Å². The lowest BCUT2D eigenvalue weighted by atomic mass is 10.0. The highest BCUT2D eigenvalue weighted by molar-refractivity contribution is 8.00. The first-order valence-electron chi connectivity index (χ1n) is 11.3. The molecule has 0 unspecified atom stereocenters. The van der Waals surface area contributed by atoms with Crippen LogP contribution in [-0.2, 0) is 16.1 Å². The first-order valence-corrected chi connectivity index (χ1v) is 12.3. The maximum Gasteiger partial charge on any atom is 0.414 e. The van der Waals surface area contributed by atoms with Crippen LogP contribution in [0.5, 0.6) is 5.88 Å². The number of aromatic nitrogens is 2. The number of cyclic esters (lactones) is 1. The van der Waals surface area contributed by atoms with Crippen LogP contribution in [0.25, 0.3) is 11.0 Å². The summed E-state index contributed by atoms with van der Waals surface area (Å²) in [5.74, 6) is 0.679. The number of carbonyl (C=O) groups is 2. The number of thioether (sulfide) groups is 1. The van der Waals surface area contributed by atoms with Crippen molar-refractivity contribution < 1.29 is 29.3 Å². The summed E-state index contributed by atoms with van der Waals surface area (Å²) >= 11 is 1.41. The zero-order valence-electron chi connectivity index (χ0n) is 19.4. The van der Waals surface area contributed by atoms with Crippen LogP contribution >= 0.6 is 11.8 Å². The zero-order chi connectivity index (χ0) is 25.2. The zero-order valence-corrected chi connectivity index (χ0v) is 20.2. The Bertz CT molecular complexity index is 1310. The third kappa shape index (κ3) is 4.80. The molecule has 188 valence electrons. The number of nitrogens with one attached hydrogen (secondary N) is 2. The van der Waals surface area contributed by atoms with Gasteiger partial charge in [0.25, 0.3) is 0 Å². The molecule has 0 bridgehead atoms. The molecule has 2 amide bonds. The van der Waals surface area contributed by atoms with Gasteiger partial charge in [0.1, 0.15) is 18.8 Å². The van der Waals surface area contributed by atoms with Crippen LogP contribution in [0.4, 0.5) is 16.2 Å². The SMILES string of the molecule is COc1ccc2nccc(CNC[C@H](O)[C@H](O)[C@@H]3COC(=O)N3c3ccc4c(c3)NC(=O)CS4)c2n1. The van der Waals surface area contributed by atoms with E-state index in [1.807, 2.05) is 18.2 Å². The normalized spacial score (nSPS) is 19.0. The molecule has 0 spiro atoms. The first-order chi connectivity index (χ1) is 17.4. The van der Waals surface area contributed by atoms with E-state index in [1.54, 1.807) is 31.5 Å². The Morgan fingerprint density at radius 3 is 2.97 bits per heavy atom. The van der Waals surface area contributed by atoms with E-state index in [-0.39, 0.29) is 19.1 Å². The van der Waals surface area contributed by atoms with Gasteiger partial charge in [-0.3, -0.25) is 14.7 Å². The molecule has 0 aliphatic carbocycles. The summed E-state index contributed by atoms with van der Waals surface area (Å²) in [5.41, 5.74) is 3.31. The fraction of sp³-hybridized carbons (Fsp3) is 0.333. The van der Waals surface area contributed by atoms with Crippen LogP contribution in [0, 0.1) is 0 Å². The maximum absolute atomic E-state index is 12.5. The molecule has 12 heteroatoms. The summed E-state index contributed by atoms with van der Waals surface area (Å²) in [7, 11) is 1.54. The summed E-state index contributed by atoms with van der Waals surface area (Å²) in [4.78, 5) is 35.2. The van der Waals surface area contributed by atoms with Crippen molar-refractivity contribution in [3.63, 3.8) is 0 Å². The Hall–Kier alpha value is -3.45. The Morgan fingerprint density at radius 1 is 1.28 bits per heavy atom. The highest BCUT2D eigenvalue weighted by Crippen LogP contribution is 2.36. The monoisotopic (exact) mass is 511 g/mol. The van der Waals surface area contributed by atoms with E-state index < -0.39 is 24.3 Å². The molecule has 1 fully saturated rings. The molecular formula is C24H25N5O6S. The third-order valence-electron chi connectivity index (χ3n) is 6.09. The number of aliphatic hydroxyl groups excluding tert-OH is 2. The van der Waals surface area contributed by atoms with E-state index in [0.717, 1.165) is 10.5 Å². The summed E-state index contributed by atoms with van der Waals surface area (Å²) in [6, 6.07) is 9.79. The summed E-state index contributed by atoms with van der Waals surface area (Å²) in [6.45, 7) is 0.354. The number of rotatable bonds is 8. The van der Waals surface area contributed by atoms with Gasteiger partial charge in [0.2, 0.25) is 11.8 Å². The number of anilines is 2. The van der Waals surface area contributed by atoms with Crippen LogP contribution in [0.2, 0.25) is 0 Å². The molecule has 2 aromatic heterocycles. The Labute approximate surface area is 210 Å². The smallest absolute Gasteiger partial charge is 0.414 e. The Balaban J connectivity index is 1.26. The van der Waals surface area contributed by atoms with Crippen LogP contribution in [0.15, 0.2) is 47.5 Å². The van der Waals surface area contributed by atoms with Crippen molar-refractivity contribution in [2.45, 2.75) is 29.7 Å². The molecule has 11 nitrogen and oxygen atoms in total. The molecule has 3 aromatic rings. The number of benzene rings is 1. The number of nitrogens with zero attached hydrogens (tertiary/aromatic N) is 3. The molecule has 2 aliphatic rings. The van der Waals surface area contributed by atoms with Crippen molar-refractivity contribution in [2.24, 2.45) is 0 Å². The van der Waals surface area contributed by atoms with Gasteiger partial charge in [0.05, 0.1) is 35.7 Å². The Kier molecular flexibility index (Phi) is 6.92. The van der Waals surface area contributed by atoms with Gasteiger partial charge in [-0.2, -0.15) is 0 Å². The second kappa shape index (κ2) is 10.3. The number of carbonyl (C=O) groups excluding carboxylic acids is 2. The van der Waals surface area contributed by atoms with Crippen molar-refractivity contribution in [3.05, 3.63) is 48.2 Å². The molecule has 4 heterocycles. The largest absolute Gasteiger partial charge is 0.481 e. The third-order valence-corrected chi connectivity index (χ3v) is 7.16. The fourth-order valence-electron chi connectivity index (χ4n) is 4.25. The second-order valence-corrected chi connectivity index (χ2v) is 9.43. The van der Waals surface area contributed by atoms with E-state index in [2.05, 4.69) is 20.6 Å². The average molecular weight is 512 g/mol. The number of pyridine rings is 2. The number of hydrogen-bond acceptors (Lipinski definition) is 10. The summed E-state index contributed by atoms with van der Waals surface area (Å²) < 4.78 is 10.4. The molecule has 36 heavy (non-hydrogen) atoms. The summed E-state index contributed by atoms with van der Waals surface area (Å²) in [5, 5.41) is 27.5. The van der Waals surface area contributed by atoms with E-state index in [4.69, 9.17) is 9.47 Å². The highest BCUT2D eigenvalue weighted by Gasteiger charge is 2.41. The van der Waals surface area contributed by atoms with Gasteiger partial charge in [0.15, 0.2) is 0 Å². The standard InChI is InChI=1S/C24H25N5O6S/c1-34-21-5-3-15-22(28-21)13(6-7-26-15)9-25-10-18(30)23(32)17-11-35-24(33)29(17)14-2-4-19-16(8-14)27-20(31)12-36-19/h2-8,17-18,23,25,30,32H,9-12H2,1H3,(H,27,31)/t17-,18-,23+/m0/s1. The topological polar surface area (TPSA) is 146 Å². The quantitative estimate of drug-likeness (QED) is 0.351. The molecule has 5 rings (SSSR count). The molecule has 1 aromatic carbocycles. The predicted octanol–water partition coefficient (Wildman–Crippen LogP) is 1.52. The fourth-order valence-corrected chi connectivity index (χ4v) is 5.04. The van der Waals surface area contributed by atoms with Gasteiger partial charge in [-0.05, 0) is 35.9 Å². The molecular weight excluding hydrogens is 486 g/mol. The lowest BCUT2D eigenvalue weighted by molar-refractivity contribution is -0.113. The molecule has 4 N–H and O–H groups in total. The van der Waals surface area contributed by atoms with Crippen LogP contribution in [-0.4, -0.2) is 76.4 Å². The highest BCUT2D eigenvalue weighted by atomic mass is 32.2. The van der Waals surface area contributed by atoms with Crippen LogP contribution < -0.4 is 20.3 Å². The number of hydrogen-bond donors (Lipinski definition) is 4. The van der Waals surface area contributed by atoms with Crippen molar-refractivity contribution in [1.29, 1.82) is 0 Å². The molecule has 2 aliphatic heterocycles. The molecule has 3 atom stereocenters. The molecule has 1 saturated heterocycles. The van der Waals surface area contributed by atoms with Gasteiger partial charge in [-0.25, -0.2) is 9.78 Å². The van der Waals surface area contributed by atoms with E-state index in [9.17, 15) is 19.8 Å². The molecule has 0 radical (unpaired) electrons. The number of fused-ring (bicyclic) bond motifs is 2.